The van der Waals surface area contributed by atoms with Crippen LogP contribution in [-0.2, 0) is 9.47 Å². The molecule has 0 saturated carbocycles. The molecule has 2 heterocycles. The molecule has 2 aliphatic rings. The maximum atomic E-state index is 9.45. The van der Waals surface area contributed by atoms with Crippen LogP contribution in [0.4, 0.5) is 0 Å². The number of aliphatic hydroxyl groups is 1. The van der Waals surface area contributed by atoms with Crippen molar-refractivity contribution in [1.82, 2.24) is 0 Å². The minimum Gasteiger partial charge on any atom is -0.513 e. The Morgan fingerprint density at radius 2 is 2.11 bits per heavy atom. The lowest BCUT2D eigenvalue weighted by Crippen LogP contribution is -2.34. The van der Waals surface area contributed by atoms with E-state index < -0.39 is 0 Å². The number of hydrogen-bond acceptors (Lipinski definition) is 3. The second-order valence-electron chi connectivity index (χ2n) is 9.04. The Morgan fingerprint density at radius 3 is 2.78 bits per heavy atom. The summed E-state index contributed by atoms with van der Waals surface area (Å²) in [6.45, 7) is 14.8. The van der Waals surface area contributed by atoms with Crippen LogP contribution in [0.2, 0.25) is 0 Å². The Labute approximate surface area is 166 Å². The Morgan fingerprint density at radius 1 is 1.37 bits per heavy atom. The van der Waals surface area contributed by atoms with E-state index >= 15 is 0 Å². The zero-order chi connectivity index (χ0) is 20.0. The van der Waals surface area contributed by atoms with Gasteiger partial charge in [-0.25, -0.2) is 0 Å². The molecule has 0 aliphatic carbocycles. The summed E-state index contributed by atoms with van der Waals surface area (Å²) in [4.78, 5) is 0. The predicted octanol–water partition coefficient (Wildman–Crippen LogP) is 6.51. The van der Waals surface area contributed by atoms with Crippen molar-refractivity contribution in [1.29, 1.82) is 0 Å². The van der Waals surface area contributed by atoms with Crippen molar-refractivity contribution < 1.29 is 14.6 Å². The minimum atomic E-state index is 0.0819. The average Bonchev–Trinajstić information content (AvgIpc) is 3.23. The van der Waals surface area contributed by atoms with E-state index in [0.29, 0.717) is 24.4 Å². The van der Waals surface area contributed by atoms with Crippen molar-refractivity contribution in [2.24, 2.45) is 11.8 Å². The second-order valence-corrected chi connectivity index (χ2v) is 9.04. The molecule has 0 unspecified atom stereocenters. The van der Waals surface area contributed by atoms with E-state index in [4.69, 9.17) is 9.47 Å². The van der Waals surface area contributed by atoms with Gasteiger partial charge in [0.1, 0.15) is 0 Å². The van der Waals surface area contributed by atoms with Gasteiger partial charge in [0.2, 0.25) is 0 Å². The van der Waals surface area contributed by atoms with Gasteiger partial charge < -0.3 is 14.6 Å². The topological polar surface area (TPSA) is 42.0 Å². The highest BCUT2D eigenvalue weighted by molar-refractivity contribution is 5.17. The summed E-state index contributed by atoms with van der Waals surface area (Å²) in [6, 6.07) is 0. The van der Waals surface area contributed by atoms with Crippen molar-refractivity contribution >= 4 is 0 Å². The Balaban J connectivity index is 1.83. The molecule has 0 radical (unpaired) electrons. The van der Waals surface area contributed by atoms with E-state index in [0.717, 1.165) is 19.3 Å². The first kappa shape index (κ1) is 22.2. The van der Waals surface area contributed by atoms with Gasteiger partial charge in [-0.05, 0) is 56.9 Å². The highest BCUT2D eigenvalue weighted by Gasteiger charge is 2.51. The van der Waals surface area contributed by atoms with Gasteiger partial charge in [0.05, 0.1) is 29.7 Å². The van der Waals surface area contributed by atoms with Crippen molar-refractivity contribution in [3.8, 4) is 0 Å². The quantitative estimate of drug-likeness (QED) is 0.268. The minimum absolute atomic E-state index is 0.0819. The van der Waals surface area contributed by atoms with Gasteiger partial charge in [0.15, 0.2) is 0 Å². The summed E-state index contributed by atoms with van der Waals surface area (Å²) in [6.07, 6.45) is 14.8. The van der Waals surface area contributed by atoms with E-state index in [2.05, 4.69) is 59.4 Å². The Hall–Kier alpha value is -1.06. The van der Waals surface area contributed by atoms with Crippen LogP contribution < -0.4 is 0 Å². The largest absolute Gasteiger partial charge is 0.513 e. The standard InChI is InChI=1S/C24H40O3/c1-7-8-12-22-24(6,27-22)16-17(2)10-9-11-18(3)23-19(4)13-14-21(26-23)15-20(5)25/h9-11,17,19,21-23,25H,5,7-8,12-16H2,1-4,6H3/b10-9+,18-11+/t17-,19+,21-,22-,23-,24-/m1/s1. The van der Waals surface area contributed by atoms with Crippen LogP contribution in [0.5, 0.6) is 0 Å². The molecule has 0 aromatic carbocycles. The molecule has 1 N–H and O–H groups in total. The summed E-state index contributed by atoms with van der Waals surface area (Å²) < 4.78 is 12.2. The van der Waals surface area contributed by atoms with E-state index in [1.54, 1.807) is 0 Å². The van der Waals surface area contributed by atoms with Crippen LogP contribution in [0, 0.1) is 11.8 Å². The van der Waals surface area contributed by atoms with Gasteiger partial charge in [-0.1, -0.05) is 58.4 Å². The molecular formula is C24H40O3. The predicted molar refractivity (Wildman–Crippen MR) is 113 cm³/mol. The molecule has 2 rings (SSSR count). The van der Waals surface area contributed by atoms with Gasteiger partial charge >= 0.3 is 0 Å². The lowest BCUT2D eigenvalue weighted by Gasteiger charge is -2.35. The van der Waals surface area contributed by atoms with Crippen LogP contribution in [0.3, 0.4) is 0 Å². The zero-order valence-electron chi connectivity index (χ0n) is 18.0. The van der Waals surface area contributed by atoms with E-state index in [1.807, 2.05) is 0 Å². The van der Waals surface area contributed by atoms with Crippen molar-refractivity contribution in [2.75, 3.05) is 0 Å². The number of ether oxygens (including phenoxy) is 2. The number of hydrogen-bond donors (Lipinski definition) is 1. The molecule has 2 aliphatic heterocycles. The van der Waals surface area contributed by atoms with Crippen molar-refractivity contribution in [3.63, 3.8) is 0 Å². The maximum absolute atomic E-state index is 9.45. The molecule has 0 bridgehead atoms. The van der Waals surface area contributed by atoms with Crippen molar-refractivity contribution in [3.05, 3.63) is 36.1 Å². The van der Waals surface area contributed by atoms with Crippen molar-refractivity contribution in [2.45, 2.75) is 103 Å². The zero-order valence-corrected chi connectivity index (χ0v) is 18.0. The average molecular weight is 377 g/mol. The third-order valence-electron chi connectivity index (χ3n) is 6.09. The molecule has 0 spiro atoms. The number of epoxide rings is 1. The lowest BCUT2D eigenvalue weighted by molar-refractivity contribution is -0.0616. The molecule has 2 fully saturated rings. The van der Waals surface area contributed by atoms with Gasteiger partial charge in [0, 0.05) is 6.42 Å². The fraction of sp³-hybridized carbons (Fsp3) is 0.750. The number of rotatable bonds is 10. The third kappa shape index (κ3) is 6.80. The van der Waals surface area contributed by atoms with Gasteiger partial charge in [0.25, 0.3) is 0 Å². The maximum Gasteiger partial charge on any atom is 0.0926 e. The van der Waals surface area contributed by atoms with Gasteiger partial charge in [-0.15, -0.1) is 0 Å². The molecule has 3 heteroatoms. The number of unbranched alkanes of at least 4 members (excludes halogenated alkanes) is 1. The Bertz CT molecular complexity index is 550. The van der Waals surface area contributed by atoms with Gasteiger partial charge in [-0.3, -0.25) is 0 Å². The molecule has 0 aromatic heterocycles. The molecule has 3 nitrogen and oxygen atoms in total. The number of aliphatic hydroxyl groups excluding tert-OH is 1. The molecule has 2 saturated heterocycles. The summed E-state index contributed by atoms with van der Waals surface area (Å²) >= 11 is 0. The molecule has 154 valence electrons. The van der Waals surface area contributed by atoms with E-state index in [1.165, 1.54) is 24.8 Å². The SMILES string of the molecule is C=C(O)C[C@H]1CC[C@H](C)[C@@H](/C(C)=C/C=C/[C@@H](C)C[C@@]2(C)O[C@@H]2CCCC)O1. The Kier molecular flexibility index (Phi) is 8.18. The van der Waals surface area contributed by atoms with E-state index in [9.17, 15) is 5.11 Å². The molecule has 0 amide bonds. The summed E-state index contributed by atoms with van der Waals surface area (Å²) in [5.41, 5.74) is 1.34. The first-order chi connectivity index (χ1) is 12.7. The second kappa shape index (κ2) is 9.93. The lowest BCUT2D eigenvalue weighted by atomic mass is 9.88. The summed E-state index contributed by atoms with van der Waals surface area (Å²) in [5, 5.41) is 9.45. The first-order valence-electron chi connectivity index (χ1n) is 10.8. The molecule has 6 atom stereocenters. The van der Waals surface area contributed by atoms with Crippen LogP contribution in [0.15, 0.2) is 36.1 Å². The van der Waals surface area contributed by atoms with Crippen LogP contribution in [0.1, 0.15) is 79.6 Å². The molecule has 0 aromatic rings. The smallest absolute Gasteiger partial charge is 0.0926 e. The van der Waals surface area contributed by atoms with Gasteiger partial charge in [-0.2, -0.15) is 0 Å². The normalized spacial score (nSPS) is 35.4. The highest BCUT2D eigenvalue weighted by atomic mass is 16.6. The number of allylic oxidation sites excluding steroid dienone is 3. The highest BCUT2D eigenvalue weighted by Crippen LogP contribution is 2.44. The molecular weight excluding hydrogens is 336 g/mol. The third-order valence-corrected chi connectivity index (χ3v) is 6.09. The summed E-state index contributed by atoms with van der Waals surface area (Å²) in [5.74, 6) is 1.23. The fourth-order valence-corrected chi connectivity index (χ4v) is 4.40. The van der Waals surface area contributed by atoms with Crippen LogP contribution in [-0.4, -0.2) is 29.0 Å². The first-order valence-corrected chi connectivity index (χ1v) is 10.8. The monoisotopic (exact) mass is 376 g/mol. The van der Waals surface area contributed by atoms with Crippen LogP contribution >= 0.6 is 0 Å². The fourth-order valence-electron chi connectivity index (χ4n) is 4.40. The van der Waals surface area contributed by atoms with E-state index in [-0.39, 0.29) is 23.6 Å². The van der Waals surface area contributed by atoms with Crippen LogP contribution in [0.25, 0.3) is 0 Å². The molecule has 27 heavy (non-hydrogen) atoms. The summed E-state index contributed by atoms with van der Waals surface area (Å²) in [7, 11) is 0.